The number of alkyl halides is 2. The number of carboxylic acid groups (broad SMARTS) is 1. The molecule has 110 valence electrons. The number of carbonyl (C=O) groups is 2. The SMILES string of the molecule is Cc1[nH]cc(NC(=O)C2CCC(F)(F)CC2)c1C(=O)O. The first-order valence-electron chi connectivity index (χ1n) is 6.40. The number of H-pyrrole nitrogens is 1. The summed E-state index contributed by atoms with van der Waals surface area (Å²) in [6, 6.07) is 0. The third-order valence-corrected chi connectivity index (χ3v) is 3.64. The molecule has 0 spiro atoms. The third-order valence-electron chi connectivity index (χ3n) is 3.64. The summed E-state index contributed by atoms with van der Waals surface area (Å²) in [5.41, 5.74) is 0.611. The van der Waals surface area contributed by atoms with E-state index in [-0.39, 0.29) is 36.9 Å². The third kappa shape index (κ3) is 2.97. The predicted octanol–water partition coefficient (Wildman–Crippen LogP) is 2.79. The fourth-order valence-corrected chi connectivity index (χ4v) is 2.44. The highest BCUT2D eigenvalue weighted by molar-refractivity contribution is 6.02. The van der Waals surface area contributed by atoms with E-state index in [0.717, 1.165) is 0 Å². The lowest BCUT2D eigenvalue weighted by atomic mass is 9.86. The number of carbonyl (C=O) groups excluding carboxylic acids is 1. The highest BCUT2D eigenvalue weighted by atomic mass is 19.3. The molecule has 2 rings (SSSR count). The molecule has 0 aliphatic heterocycles. The van der Waals surface area contributed by atoms with Crippen molar-refractivity contribution in [3.8, 4) is 0 Å². The van der Waals surface area contributed by atoms with E-state index in [1.54, 1.807) is 6.92 Å². The van der Waals surface area contributed by atoms with Gasteiger partial charge < -0.3 is 15.4 Å². The van der Waals surface area contributed by atoms with Crippen LogP contribution in [-0.4, -0.2) is 27.9 Å². The molecule has 0 radical (unpaired) electrons. The number of amides is 1. The Bertz CT molecular complexity index is 530. The molecule has 1 fully saturated rings. The average Bonchev–Trinajstić information content (AvgIpc) is 2.70. The zero-order valence-corrected chi connectivity index (χ0v) is 11.0. The van der Waals surface area contributed by atoms with Gasteiger partial charge in [-0.2, -0.15) is 0 Å². The molecule has 5 nitrogen and oxygen atoms in total. The smallest absolute Gasteiger partial charge is 0.339 e. The van der Waals surface area contributed by atoms with E-state index in [1.807, 2.05) is 0 Å². The summed E-state index contributed by atoms with van der Waals surface area (Å²) in [6.45, 7) is 1.58. The van der Waals surface area contributed by atoms with Gasteiger partial charge in [-0.3, -0.25) is 4.79 Å². The Labute approximate surface area is 114 Å². The molecule has 1 aliphatic carbocycles. The Morgan fingerprint density at radius 3 is 2.55 bits per heavy atom. The van der Waals surface area contributed by atoms with Gasteiger partial charge in [0.25, 0.3) is 0 Å². The van der Waals surface area contributed by atoms with Gasteiger partial charge in [-0.25, -0.2) is 13.6 Å². The van der Waals surface area contributed by atoms with Gasteiger partial charge >= 0.3 is 5.97 Å². The van der Waals surface area contributed by atoms with Crippen LogP contribution < -0.4 is 5.32 Å². The van der Waals surface area contributed by atoms with Crippen LogP contribution in [0.3, 0.4) is 0 Å². The van der Waals surface area contributed by atoms with Crippen molar-refractivity contribution in [2.75, 3.05) is 5.32 Å². The van der Waals surface area contributed by atoms with Gasteiger partial charge in [0.15, 0.2) is 0 Å². The van der Waals surface area contributed by atoms with Crippen LogP contribution in [0.4, 0.5) is 14.5 Å². The molecule has 7 heteroatoms. The molecule has 1 aromatic rings. The van der Waals surface area contributed by atoms with Crippen molar-refractivity contribution >= 4 is 17.6 Å². The Balaban J connectivity index is 2.04. The minimum atomic E-state index is -2.69. The van der Waals surface area contributed by atoms with E-state index in [9.17, 15) is 18.4 Å². The Morgan fingerprint density at radius 1 is 1.40 bits per heavy atom. The molecular weight excluding hydrogens is 270 g/mol. The topological polar surface area (TPSA) is 82.2 Å². The minimum absolute atomic E-state index is 0.000473. The standard InChI is InChI=1S/C13H16F2N2O3/c1-7-10(12(19)20)9(6-16-7)17-11(18)8-2-4-13(14,15)5-3-8/h6,8,16H,2-5H2,1H3,(H,17,18)(H,19,20). The number of hydrogen-bond donors (Lipinski definition) is 3. The van der Waals surface area contributed by atoms with Crippen LogP contribution in [0, 0.1) is 12.8 Å². The van der Waals surface area contributed by atoms with Crippen molar-refractivity contribution in [1.82, 2.24) is 4.98 Å². The van der Waals surface area contributed by atoms with Crippen LogP contribution in [-0.2, 0) is 4.79 Å². The molecule has 1 amide bonds. The van der Waals surface area contributed by atoms with Crippen molar-refractivity contribution in [1.29, 1.82) is 0 Å². The van der Waals surface area contributed by atoms with E-state index >= 15 is 0 Å². The second-order valence-corrected chi connectivity index (χ2v) is 5.13. The lowest BCUT2D eigenvalue weighted by Crippen LogP contribution is -2.32. The van der Waals surface area contributed by atoms with Crippen molar-refractivity contribution in [2.24, 2.45) is 5.92 Å². The molecular formula is C13H16F2N2O3. The van der Waals surface area contributed by atoms with E-state index < -0.39 is 23.7 Å². The molecule has 0 aromatic carbocycles. The Kier molecular flexibility index (Phi) is 3.78. The number of carboxylic acids is 1. The summed E-state index contributed by atoms with van der Waals surface area (Å²) in [7, 11) is 0. The van der Waals surface area contributed by atoms with Crippen LogP contribution in [0.15, 0.2) is 6.20 Å². The summed E-state index contributed by atoms with van der Waals surface area (Å²) < 4.78 is 26.1. The van der Waals surface area contributed by atoms with Crippen LogP contribution >= 0.6 is 0 Å². The number of aromatic carboxylic acids is 1. The number of anilines is 1. The average molecular weight is 286 g/mol. The molecule has 3 N–H and O–H groups in total. The zero-order chi connectivity index (χ0) is 14.9. The van der Waals surface area contributed by atoms with Gasteiger partial charge in [0, 0.05) is 30.7 Å². The summed E-state index contributed by atoms with van der Waals surface area (Å²) in [4.78, 5) is 25.8. The van der Waals surface area contributed by atoms with Gasteiger partial charge in [-0.05, 0) is 19.8 Å². The quantitative estimate of drug-likeness (QED) is 0.799. The zero-order valence-electron chi connectivity index (χ0n) is 11.0. The molecule has 0 saturated heterocycles. The highest BCUT2D eigenvalue weighted by Crippen LogP contribution is 2.36. The Morgan fingerprint density at radius 2 is 2.00 bits per heavy atom. The second-order valence-electron chi connectivity index (χ2n) is 5.13. The van der Waals surface area contributed by atoms with Crippen LogP contribution in [0.2, 0.25) is 0 Å². The summed E-state index contributed by atoms with van der Waals surface area (Å²) in [5.74, 6) is -4.73. The minimum Gasteiger partial charge on any atom is -0.478 e. The van der Waals surface area contributed by atoms with E-state index in [2.05, 4.69) is 10.3 Å². The molecule has 0 bridgehead atoms. The second kappa shape index (κ2) is 5.22. The van der Waals surface area contributed by atoms with E-state index in [0.29, 0.717) is 5.69 Å². The molecule has 0 unspecified atom stereocenters. The first-order chi connectivity index (χ1) is 9.30. The van der Waals surface area contributed by atoms with Crippen molar-refractivity contribution in [3.05, 3.63) is 17.5 Å². The first kappa shape index (κ1) is 14.5. The van der Waals surface area contributed by atoms with E-state index in [1.165, 1.54) is 6.20 Å². The number of aryl methyl sites for hydroxylation is 1. The van der Waals surface area contributed by atoms with Gasteiger partial charge in [0.2, 0.25) is 11.8 Å². The number of aromatic amines is 1. The van der Waals surface area contributed by atoms with Gasteiger partial charge in [0.05, 0.1) is 5.69 Å². The number of rotatable bonds is 3. The maximum Gasteiger partial charge on any atom is 0.339 e. The van der Waals surface area contributed by atoms with E-state index in [4.69, 9.17) is 5.11 Å². The van der Waals surface area contributed by atoms with Crippen molar-refractivity contribution in [3.63, 3.8) is 0 Å². The predicted molar refractivity (Wildman–Crippen MR) is 68.0 cm³/mol. The largest absolute Gasteiger partial charge is 0.478 e. The van der Waals surface area contributed by atoms with Gasteiger partial charge in [-0.15, -0.1) is 0 Å². The molecule has 1 saturated carbocycles. The number of aromatic nitrogens is 1. The number of nitrogens with one attached hydrogen (secondary N) is 2. The first-order valence-corrected chi connectivity index (χ1v) is 6.40. The maximum absolute atomic E-state index is 13.0. The van der Waals surface area contributed by atoms with Crippen LogP contribution in [0.25, 0.3) is 0 Å². The summed E-state index contributed by atoms with van der Waals surface area (Å²) in [6.07, 6.45) is 1.02. The molecule has 1 aromatic heterocycles. The normalized spacial score (nSPS) is 18.8. The molecule has 0 atom stereocenters. The molecule has 1 aliphatic rings. The summed E-state index contributed by atoms with van der Waals surface area (Å²) in [5, 5.41) is 11.6. The fraction of sp³-hybridized carbons (Fsp3) is 0.538. The lowest BCUT2D eigenvalue weighted by molar-refractivity contribution is -0.124. The molecule has 20 heavy (non-hydrogen) atoms. The maximum atomic E-state index is 13.0. The number of halogens is 2. The number of hydrogen-bond acceptors (Lipinski definition) is 2. The van der Waals surface area contributed by atoms with Crippen molar-refractivity contribution < 1.29 is 23.5 Å². The summed E-state index contributed by atoms with van der Waals surface area (Å²) >= 11 is 0. The van der Waals surface area contributed by atoms with Crippen molar-refractivity contribution in [2.45, 2.75) is 38.5 Å². The monoisotopic (exact) mass is 286 g/mol. The Hall–Kier alpha value is -1.92. The van der Waals surface area contributed by atoms with Crippen LogP contribution in [0.1, 0.15) is 41.7 Å². The highest BCUT2D eigenvalue weighted by Gasteiger charge is 2.37. The van der Waals surface area contributed by atoms with Gasteiger partial charge in [0.1, 0.15) is 5.56 Å². The molecule has 1 heterocycles. The lowest BCUT2D eigenvalue weighted by Gasteiger charge is -2.27. The van der Waals surface area contributed by atoms with Gasteiger partial charge in [-0.1, -0.05) is 0 Å². The van der Waals surface area contributed by atoms with Crippen LogP contribution in [0.5, 0.6) is 0 Å². The fourth-order valence-electron chi connectivity index (χ4n) is 2.44.